The summed E-state index contributed by atoms with van der Waals surface area (Å²) in [7, 11) is 1.32. The van der Waals surface area contributed by atoms with Crippen LogP contribution in [-0.2, 0) is 14.3 Å². The number of esters is 1. The van der Waals surface area contributed by atoms with Gasteiger partial charge in [0.25, 0.3) is 0 Å². The summed E-state index contributed by atoms with van der Waals surface area (Å²) in [6.45, 7) is -0.206. The molecule has 4 rings (SSSR count). The van der Waals surface area contributed by atoms with Crippen molar-refractivity contribution < 1.29 is 19.1 Å². The molecular weight excluding hydrogens is 356 g/mol. The van der Waals surface area contributed by atoms with Gasteiger partial charge < -0.3 is 14.8 Å². The number of benzene rings is 2. The van der Waals surface area contributed by atoms with Crippen LogP contribution in [0.4, 0.5) is 5.69 Å². The van der Waals surface area contributed by atoms with Crippen LogP contribution < -0.4 is 10.1 Å². The zero-order valence-electron chi connectivity index (χ0n) is 15.5. The first-order chi connectivity index (χ1) is 13.6. The van der Waals surface area contributed by atoms with Gasteiger partial charge in [0.2, 0.25) is 5.91 Å². The van der Waals surface area contributed by atoms with E-state index in [0.29, 0.717) is 17.0 Å². The first kappa shape index (κ1) is 18.0. The summed E-state index contributed by atoms with van der Waals surface area (Å²) in [6.07, 6.45) is 1.88. The standard InChI is InChI=1S/C22H20N2O4/c1-27-21(25)13-28-20-12-19(14-5-3-2-4-6-14)24-18-10-9-16(11-17(18)20)23-22(26)15-7-8-15/h2-6,9-12,15H,7-8,13H2,1H3,(H,23,26). The van der Waals surface area contributed by atoms with Gasteiger partial charge in [0.05, 0.1) is 18.3 Å². The topological polar surface area (TPSA) is 77.5 Å². The zero-order chi connectivity index (χ0) is 19.5. The Hall–Kier alpha value is -3.41. The second kappa shape index (κ2) is 7.68. The third-order valence-electron chi connectivity index (χ3n) is 4.63. The fourth-order valence-corrected chi connectivity index (χ4v) is 2.93. The van der Waals surface area contributed by atoms with E-state index in [0.717, 1.165) is 29.5 Å². The van der Waals surface area contributed by atoms with Gasteiger partial charge >= 0.3 is 5.97 Å². The van der Waals surface area contributed by atoms with Gasteiger partial charge in [-0.1, -0.05) is 30.3 Å². The number of hydrogen-bond donors (Lipinski definition) is 1. The molecule has 28 heavy (non-hydrogen) atoms. The Kier molecular flexibility index (Phi) is 4.93. The molecule has 6 heteroatoms. The summed E-state index contributed by atoms with van der Waals surface area (Å²) in [5.41, 5.74) is 3.08. The minimum Gasteiger partial charge on any atom is -0.481 e. The van der Waals surface area contributed by atoms with Crippen LogP contribution >= 0.6 is 0 Å². The number of nitrogens with one attached hydrogen (secondary N) is 1. The number of rotatable bonds is 6. The highest BCUT2D eigenvalue weighted by Gasteiger charge is 2.29. The highest BCUT2D eigenvalue weighted by atomic mass is 16.6. The second-order valence-corrected chi connectivity index (χ2v) is 6.73. The quantitative estimate of drug-likeness (QED) is 0.662. The first-order valence-electron chi connectivity index (χ1n) is 9.15. The van der Waals surface area contributed by atoms with Crippen LogP contribution in [0.3, 0.4) is 0 Å². The monoisotopic (exact) mass is 376 g/mol. The van der Waals surface area contributed by atoms with Crippen LogP contribution in [0.25, 0.3) is 22.2 Å². The smallest absolute Gasteiger partial charge is 0.343 e. The largest absolute Gasteiger partial charge is 0.481 e. The second-order valence-electron chi connectivity index (χ2n) is 6.73. The minimum atomic E-state index is -0.468. The van der Waals surface area contributed by atoms with Gasteiger partial charge in [0.1, 0.15) is 5.75 Å². The molecule has 142 valence electrons. The number of methoxy groups -OCH3 is 1. The number of pyridine rings is 1. The number of hydrogen-bond acceptors (Lipinski definition) is 5. The van der Waals surface area contributed by atoms with Crippen molar-refractivity contribution in [3.05, 3.63) is 54.6 Å². The summed E-state index contributed by atoms with van der Waals surface area (Å²) in [5, 5.41) is 3.65. The number of nitrogens with zero attached hydrogens (tertiary/aromatic N) is 1. The van der Waals surface area contributed by atoms with Crippen molar-refractivity contribution in [2.24, 2.45) is 5.92 Å². The lowest BCUT2D eigenvalue weighted by Crippen LogP contribution is -2.14. The van der Waals surface area contributed by atoms with Crippen molar-refractivity contribution in [3.63, 3.8) is 0 Å². The van der Waals surface area contributed by atoms with E-state index < -0.39 is 5.97 Å². The summed E-state index contributed by atoms with van der Waals surface area (Å²) >= 11 is 0. The number of anilines is 1. The molecule has 0 radical (unpaired) electrons. The fraction of sp³-hybridized carbons (Fsp3) is 0.227. The molecule has 1 heterocycles. The molecule has 0 aliphatic heterocycles. The van der Waals surface area contributed by atoms with Crippen LogP contribution in [0.5, 0.6) is 5.75 Å². The predicted molar refractivity (Wildman–Crippen MR) is 106 cm³/mol. The van der Waals surface area contributed by atoms with Gasteiger partial charge in [-0.05, 0) is 31.0 Å². The Labute approximate surface area is 162 Å². The van der Waals surface area contributed by atoms with E-state index in [2.05, 4.69) is 10.1 Å². The Morgan fingerprint density at radius 2 is 1.89 bits per heavy atom. The lowest BCUT2D eigenvalue weighted by Gasteiger charge is -2.13. The summed E-state index contributed by atoms with van der Waals surface area (Å²) in [4.78, 5) is 28.3. The number of amides is 1. The van der Waals surface area contributed by atoms with Crippen LogP contribution in [0.1, 0.15) is 12.8 Å². The number of fused-ring (bicyclic) bond motifs is 1. The lowest BCUT2D eigenvalue weighted by atomic mass is 10.1. The van der Waals surface area contributed by atoms with Crippen LogP contribution in [0.15, 0.2) is 54.6 Å². The molecule has 1 aliphatic rings. The molecule has 0 unspecified atom stereocenters. The fourth-order valence-electron chi connectivity index (χ4n) is 2.93. The predicted octanol–water partition coefficient (Wildman–Crippen LogP) is 3.80. The Morgan fingerprint density at radius 3 is 2.61 bits per heavy atom. The molecule has 1 fully saturated rings. The zero-order valence-corrected chi connectivity index (χ0v) is 15.5. The molecule has 1 N–H and O–H groups in total. The highest BCUT2D eigenvalue weighted by Crippen LogP contribution is 2.33. The van der Waals surface area contributed by atoms with Gasteiger partial charge in [0.15, 0.2) is 6.61 Å². The Balaban J connectivity index is 1.73. The third kappa shape index (κ3) is 3.96. The summed E-state index contributed by atoms with van der Waals surface area (Å²) in [6, 6.07) is 17.0. The Bertz CT molecular complexity index is 1030. The van der Waals surface area contributed by atoms with E-state index in [1.807, 2.05) is 48.5 Å². The Morgan fingerprint density at radius 1 is 1.11 bits per heavy atom. The van der Waals surface area contributed by atoms with E-state index in [1.165, 1.54) is 7.11 Å². The van der Waals surface area contributed by atoms with Crippen molar-refractivity contribution in [2.75, 3.05) is 19.0 Å². The maximum atomic E-state index is 12.1. The molecule has 0 spiro atoms. The van der Waals surface area contributed by atoms with E-state index in [9.17, 15) is 9.59 Å². The van der Waals surface area contributed by atoms with Gasteiger partial charge in [-0.25, -0.2) is 9.78 Å². The molecule has 0 atom stereocenters. The molecule has 1 amide bonds. The van der Waals surface area contributed by atoms with Crippen molar-refractivity contribution in [3.8, 4) is 17.0 Å². The van der Waals surface area contributed by atoms with Gasteiger partial charge in [-0.2, -0.15) is 0 Å². The van der Waals surface area contributed by atoms with E-state index in [1.54, 1.807) is 6.07 Å². The van der Waals surface area contributed by atoms with Gasteiger partial charge in [-0.3, -0.25) is 4.79 Å². The molecule has 0 bridgehead atoms. The van der Waals surface area contributed by atoms with Crippen molar-refractivity contribution in [1.82, 2.24) is 4.98 Å². The molecule has 1 aliphatic carbocycles. The average Bonchev–Trinajstić information content (AvgIpc) is 3.58. The van der Waals surface area contributed by atoms with Crippen LogP contribution in [0, 0.1) is 5.92 Å². The molecule has 1 saturated carbocycles. The minimum absolute atomic E-state index is 0.0326. The summed E-state index contributed by atoms with van der Waals surface area (Å²) in [5.74, 6) is 0.191. The van der Waals surface area contributed by atoms with E-state index >= 15 is 0 Å². The van der Waals surface area contributed by atoms with E-state index in [-0.39, 0.29) is 18.4 Å². The molecular formula is C22H20N2O4. The van der Waals surface area contributed by atoms with E-state index in [4.69, 9.17) is 9.72 Å². The van der Waals surface area contributed by atoms with Gasteiger partial charge in [-0.15, -0.1) is 0 Å². The molecule has 6 nitrogen and oxygen atoms in total. The average molecular weight is 376 g/mol. The van der Waals surface area contributed by atoms with Crippen LogP contribution in [0.2, 0.25) is 0 Å². The molecule has 2 aromatic carbocycles. The third-order valence-corrected chi connectivity index (χ3v) is 4.63. The van der Waals surface area contributed by atoms with Gasteiger partial charge in [0, 0.05) is 28.6 Å². The number of aromatic nitrogens is 1. The lowest BCUT2D eigenvalue weighted by molar-refractivity contribution is -0.142. The normalized spacial score (nSPS) is 13.2. The number of ether oxygens (including phenoxy) is 2. The summed E-state index contributed by atoms with van der Waals surface area (Å²) < 4.78 is 10.4. The number of carbonyl (C=O) groups is 2. The maximum absolute atomic E-state index is 12.1. The highest BCUT2D eigenvalue weighted by molar-refractivity contribution is 5.97. The van der Waals surface area contributed by atoms with Crippen molar-refractivity contribution in [1.29, 1.82) is 0 Å². The molecule has 0 saturated heterocycles. The SMILES string of the molecule is COC(=O)COc1cc(-c2ccccc2)nc2ccc(NC(=O)C3CC3)cc12. The molecule has 1 aromatic heterocycles. The van der Waals surface area contributed by atoms with Crippen molar-refractivity contribution in [2.45, 2.75) is 12.8 Å². The first-order valence-corrected chi connectivity index (χ1v) is 9.15. The van der Waals surface area contributed by atoms with Crippen molar-refractivity contribution >= 4 is 28.5 Å². The van der Waals surface area contributed by atoms with Crippen LogP contribution in [-0.4, -0.2) is 30.6 Å². The number of carbonyl (C=O) groups excluding carboxylic acids is 2. The maximum Gasteiger partial charge on any atom is 0.343 e. The molecule has 3 aromatic rings.